The fraction of sp³-hybridized carbons (Fsp3) is 0.885. The second-order valence-corrected chi connectivity index (χ2v) is 10.7. The van der Waals surface area contributed by atoms with Crippen LogP contribution < -0.4 is 0 Å². The molecule has 0 radical (unpaired) electrons. The number of ether oxygens (including phenoxy) is 2. The van der Waals surface area contributed by atoms with Crippen LogP contribution in [0.3, 0.4) is 0 Å². The maximum Gasteiger partial charge on any atom is 0.311 e. The third kappa shape index (κ3) is 15.3. The van der Waals surface area contributed by atoms with Gasteiger partial charge in [-0.1, -0.05) is 58.3 Å². The van der Waals surface area contributed by atoms with Crippen molar-refractivity contribution in [2.24, 2.45) is 10.8 Å². The van der Waals surface area contributed by atoms with Crippen LogP contribution in [0.1, 0.15) is 113 Å². The molecule has 0 spiro atoms. The van der Waals surface area contributed by atoms with Gasteiger partial charge in [-0.05, 0) is 48.0 Å². The number of esters is 2. The van der Waals surface area contributed by atoms with Crippen LogP contribution in [0.25, 0.3) is 0 Å². The van der Waals surface area contributed by atoms with Crippen molar-refractivity contribution in [2.75, 3.05) is 26.3 Å². The highest BCUT2D eigenvalue weighted by molar-refractivity contribution is 5.77. The molecule has 0 bridgehead atoms. The molecule has 32 heavy (non-hydrogen) atoms. The number of carbonyl (C=O) groups is 3. The molecule has 0 aliphatic heterocycles. The Morgan fingerprint density at radius 2 is 1.00 bits per heavy atom. The van der Waals surface area contributed by atoms with Crippen LogP contribution in [-0.4, -0.2) is 49.0 Å². The summed E-state index contributed by atoms with van der Waals surface area (Å²) in [6.45, 7) is 13.9. The van der Waals surface area contributed by atoms with Crippen molar-refractivity contribution in [3.05, 3.63) is 0 Å². The predicted octanol–water partition coefficient (Wildman–Crippen LogP) is 5.91. The lowest BCUT2D eigenvalue weighted by Gasteiger charge is -2.25. The lowest BCUT2D eigenvalue weighted by molar-refractivity contribution is -0.155. The third-order valence-corrected chi connectivity index (χ3v) is 5.26. The van der Waals surface area contributed by atoms with E-state index in [9.17, 15) is 14.4 Å². The lowest BCUT2D eigenvalue weighted by atomic mass is 9.97. The van der Waals surface area contributed by atoms with Gasteiger partial charge in [-0.15, -0.1) is 0 Å². The van der Waals surface area contributed by atoms with Gasteiger partial charge in [0.05, 0.1) is 23.9 Å². The first-order chi connectivity index (χ1) is 14.9. The van der Waals surface area contributed by atoms with E-state index in [0.29, 0.717) is 19.5 Å². The van der Waals surface area contributed by atoms with E-state index in [1.165, 1.54) is 38.5 Å². The summed E-state index contributed by atoms with van der Waals surface area (Å²) in [6.07, 6.45) is 11.3. The van der Waals surface area contributed by atoms with E-state index >= 15 is 0 Å². The topological polar surface area (TPSA) is 72.9 Å². The molecule has 0 atom stereocenters. The Morgan fingerprint density at radius 1 is 0.625 bits per heavy atom. The van der Waals surface area contributed by atoms with Gasteiger partial charge in [0, 0.05) is 6.42 Å². The molecule has 6 heteroatoms. The number of unbranched alkanes of at least 4 members (excludes halogenated alkanes) is 8. The number of rotatable bonds is 16. The van der Waals surface area contributed by atoms with Gasteiger partial charge in [0.25, 0.3) is 0 Å². The molecule has 0 unspecified atom stereocenters. The monoisotopic (exact) mass is 455 g/mol. The molecule has 6 nitrogen and oxygen atoms in total. The van der Waals surface area contributed by atoms with Gasteiger partial charge >= 0.3 is 11.9 Å². The van der Waals surface area contributed by atoms with Gasteiger partial charge in [-0.25, -0.2) is 0 Å². The van der Waals surface area contributed by atoms with Crippen LogP contribution in [0.15, 0.2) is 0 Å². The molecule has 0 aliphatic rings. The normalized spacial score (nSPS) is 11.8. The van der Waals surface area contributed by atoms with Crippen LogP contribution in [0, 0.1) is 10.8 Å². The van der Waals surface area contributed by atoms with Gasteiger partial charge in [0.1, 0.15) is 13.2 Å². The van der Waals surface area contributed by atoms with Crippen LogP contribution in [-0.2, 0) is 23.9 Å². The van der Waals surface area contributed by atoms with Crippen LogP contribution in [0.5, 0.6) is 0 Å². The number of amides is 1. The molecule has 0 aromatic rings. The zero-order valence-corrected chi connectivity index (χ0v) is 21.9. The lowest BCUT2D eigenvalue weighted by Crippen LogP contribution is -2.38. The zero-order valence-electron chi connectivity index (χ0n) is 21.9. The summed E-state index contributed by atoms with van der Waals surface area (Å²) in [5, 5.41) is 0. The average molecular weight is 456 g/mol. The molecular formula is C26H49NO5. The Kier molecular flexibility index (Phi) is 15.3. The highest BCUT2D eigenvalue weighted by Crippen LogP contribution is 2.16. The summed E-state index contributed by atoms with van der Waals surface area (Å²) in [5.41, 5.74) is -1.15. The maximum atomic E-state index is 12.7. The van der Waals surface area contributed by atoms with E-state index in [1.807, 2.05) is 0 Å². The summed E-state index contributed by atoms with van der Waals surface area (Å²) in [4.78, 5) is 38.4. The minimum Gasteiger partial charge on any atom is -0.463 e. The van der Waals surface area contributed by atoms with E-state index in [-0.39, 0.29) is 31.1 Å². The fourth-order valence-corrected chi connectivity index (χ4v) is 3.04. The maximum absolute atomic E-state index is 12.7. The smallest absolute Gasteiger partial charge is 0.311 e. The van der Waals surface area contributed by atoms with Crippen LogP contribution >= 0.6 is 0 Å². The predicted molar refractivity (Wildman–Crippen MR) is 129 cm³/mol. The number of nitrogens with zero attached hydrogens (tertiary/aromatic N) is 1. The summed E-state index contributed by atoms with van der Waals surface area (Å²) >= 11 is 0. The first kappa shape index (κ1) is 30.4. The Labute approximate surface area is 196 Å². The Hall–Kier alpha value is -1.59. The molecule has 1 amide bonds. The van der Waals surface area contributed by atoms with Gasteiger partial charge in [0.2, 0.25) is 5.91 Å². The largest absolute Gasteiger partial charge is 0.463 e. The molecule has 0 aliphatic carbocycles. The molecule has 188 valence electrons. The van der Waals surface area contributed by atoms with Gasteiger partial charge in [0.15, 0.2) is 0 Å². The Morgan fingerprint density at radius 3 is 1.38 bits per heavy atom. The van der Waals surface area contributed by atoms with Gasteiger partial charge < -0.3 is 14.4 Å². The van der Waals surface area contributed by atoms with Crippen molar-refractivity contribution in [2.45, 2.75) is 113 Å². The third-order valence-electron chi connectivity index (χ3n) is 5.26. The minimum absolute atomic E-state index is 0.0200. The highest BCUT2D eigenvalue weighted by atomic mass is 16.5. The second-order valence-electron chi connectivity index (χ2n) is 10.7. The summed E-state index contributed by atoms with van der Waals surface area (Å²) < 4.78 is 10.7. The van der Waals surface area contributed by atoms with E-state index in [0.717, 1.165) is 19.3 Å². The summed E-state index contributed by atoms with van der Waals surface area (Å²) in [7, 11) is 0. The quantitative estimate of drug-likeness (QED) is 0.213. The van der Waals surface area contributed by atoms with Crippen molar-refractivity contribution < 1.29 is 23.9 Å². The molecule has 0 saturated carbocycles. The van der Waals surface area contributed by atoms with E-state index in [1.54, 1.807) is 46.4 Å². The van der Waals surface area contributed by atoms with E-state index in [4.69, 9.17) is 9.47 Å². The van der Waals surface area contributed by atoms with Crippen molar-refractivity contribution >= 4 is 17.8 Å². The van der Waals surface area contributed by atoms with Gasteiger partial charge in [-0.2, -0.15) is 0 Å². The molecule has 0 N–H and O–H groups in total. The van der Waals surface area contributed by atoms with E-state index < -0.39 is 10.8 Å². The summed E-state index contributed by atoms with van der Waals surface area (Å²) in [6, 6.07) is 0. The standard InChI is InChI=1S/C26H49NO5/c1-8-9-10-11-12-13-14-15-16-17-22(28)27(18-20-31-23(29)25(2,3)4)19-21-32-24(30)26(5,6)7/h8-21H2,1-7H3. The Balaban J connectivity index is 4.43. The number of hydrogen-bond donors (Lipinski definition) is 0. The van der Waals surface area contributed by atoms with Crippen LogP contribution in [0.4, 0.5) is 0 Å². The fourth-order valence-electron chi connectivity index (χ4n) is 3.04. The Bertz CT molecular complexity index is 513. The molecule has 0 rings (SSSR count). The van der Waals surface area contributed by atoms with Crippen molar-refractivity contribution in [3.63, 3.8) is 0 Å². The van der Waals surface area contributed by atoms with Gasteiger partial charge in [-0.3, -0.25) is 14.4 Å². The van der Waals surface area contributed by atoms with Crippen molar-refractivity contribution in [3.8, 4) is 0 Å². The number of carbonyl (C=O) groups excluding carboxylic acids is 3. The molecular weight excluding hydrogens is 406 g/mol. The first-order valence-electron chi connectivity index (χ1n) is 12.5. The molecule has 0 heterocycles. The molecule has 0 fully saturated rings. The molecule has 0 aromatic carbocycles. The molecule has 0 saturated heterocycles. The van der Waals surface area contributed by atoms with Crippen molar-refractivity contribution in [1.82, 2.24) is 4.90 Å². The highest BCUT2D eigenvalue weighted by Gasteiger charge is 2.25. The molecule has 0 aromatic heterocycles. The second kappa shape index (κ2) is 16.1. The average Bonchev–Trinajstić information content (AvgIpc) is 2.69. The summed E-state index contributed by atoms with van der Waals surface area (Å²) in [5.74, 6) is -0.558. The zero-order chi connectivity index (χ0) is 24.6. The number of hydrogen-bond acceptors (Lipinski definition) is 5. The van der Waals surface area contributed by atoms with Crippen molar-refractivity contribution in [1.29, 1.82) is 0 Å². The minimum atomic E-state index is -0.576. The SMILES string of the molecule is CCCCCCCCCCCC(=O)N(CCOC(=O)C(C)(C)C)CCOC(=O)C(C)(C)C. The van der Waals surface area contributed by atoms with E-state index in [2.05, 4.69) is 6.92 Å². The first-order valence-corrected chi connectivity index (χ1v) is 12.5. The van der Waals surface area contributed by atoms with Crippen LogP contribution in [0.2, 0.25) is 0 Å².